The number of halogens is 1. The summed E-state index contributed by atoms with van der Waals surface area (Å²) in [5.74, 6) is -0.342. The second-order valence-corrected chi connectivity index (χ2v) is 6.05. The number of amides is 1. The van der Waals surface area contributed by atoms with Crippen molar-refractivity contribution >= 4 is 11.7 Å². The Bertz CT molecular complexity index is 970. The molecule has 9 heteroatoms. The zero-order chi connectivity index (χ0) is 18.3. The highest BCUT2D eigenvalue weighted by molar-refractivity contribution is 6.09. The molecule has 4 rings (SSSR count). The van der Waals surface area contributed by atoms with Crippen LogP contribution in [0.25, 0.3) is 5.69 Å². The van der Waals surface area contributed by atoms with Gasteiger partial charge in [0.1, 0.15) is 0 Å². The van der Waals surface area contributed by atoms with E-state index in [0.717, 1.165) is 6.20 Å². The van der Waals surface area contributed by atoms with Gasteiger partial charge in [0, 0.05) is 12.3 Å². The molecule has 0 radical (unpaired) electrons. The van der Waals surface area contributed by atoms with Crippen LogP contribution < -0.4 is 9.64 Å². The van der Waals surface area contributed by atoms with Gasteiger partial charge in [0.05, 0.1) is 48.2 Å². The van der Waals surface area contributed by atoms with Gasteiger partial charge in [-0.05, 0) is 19.9 Å². The van der Waals surface area contributed by atoms with E-state index in [9.17, 15) is 9.18 Å². The number of ether oxygens (including phenoxy) is 1. The monoisotopic (exact) mass is 354 g/mol. The maximum Gasteiger partial charge on any atom is 0.263 e. The van der Waals surface area contributed by atoms with Crippen LogP contribution in [-0.4, -0.2) is 36.7 Å². The van der Waals surface area contributed by atoms with E-state index in [1.54, 1.807) is 23.1 Å². The molecule has 3 aromatic heterocycles. The summed E-state index contributed by atoms with van der Waals surface area (Å²) >= 11 is 0. The van der Waals surface area contributed by atoms with Crippen molar-refractivity contribution in [3.63, 3.8) is 0 Å². The van der Waals surface area contributed by atoms with Crippen molar-refractivity contribution < 1.29 is 13.9 Å². The lowest BCUT2D eigenvalue weighted by molar-refractivity contribution is 0.0995. The van der Waals surface area contributed by atoms with E-state index < -0.39 is 5.95 Å². The number of hydrogen-bond donors (Lipinski definition) is 0. The van der Waals surface area contributed by atoms with Crippen LogP contribution in [0.4, 0.5) is 10.2 Å². The zero-order valence-corrected chi connectivity index (χ0v) is 14.1. The highest BCUT2D eigenvalue weighted by Gasteiger charge is 2.33. The zero-order valence-electron chi connectivity index (χ0n) is 14.1. The third-order valence-electron chi connectivity index (χ3n) is 3.78. The van der Waals surface area contributed by atoms with Crippen molar-refractivity contribution in [3.8, 4) is 11.6 Å². The van der Waals surface area contributed by atoms with Gasteiger partial charge in [0.25, 0.3) is 5.91 Å². The molecule has 1 aliphatic rings. The summed E-state index contributed by atoms with van der Waals surface area (Å²) in [5.41, 5.74) is 1.74. The van der Waals surface area contributed by atoms with Gasteiger partial charge >= 0.3 is 0 Å². The topological polar surface area (TPSA) is 86.0 Å². The molecule has 132 valence electrons. The lowest BCUT2D eigenvalue weighted by Crippen LogP contribution is -2.25. The Morgan fingerprint density at radius 3 is 2.73 bits per heavy atom. The molecule has 0 saturated heterocycles. The van der Waals surface area contributed by atoms with Crippen LogP contribution in [-0.2, 0) is 6.54 Å². The van der Waals surface area contributed by atoms with E-state index in [1.807, 2.05) is 19.9 Å². The molecule has 0 atom stereocenters. The van der Waals surface area contributed by atoms with Gasteiger partial charge in [-0.15, -0.1) is 0 Å². The number of rotatable bonds is 4. The Morgan fingerprint density at radius 1 is 1.23 bits per heavy atom. The number of hydrogen-bond acceptors (Lipinski definition) is 6. The summed E-state index contributed by atoms with van der Waals surface area (Å²) in [4.78, 5) is 25.6. The van der Waals surface area contributed by atoms with Crippen molar-refractivity contribution in [2.24, 2.45) is 0 Å². The number of aromatic nitrogens is 5. The molecular weight excluding hydrogens is 339 g/mol. The van der Waals surface area contributed by atoms with E-state index in [2.05, 4.69) is 20.1 Å². The van der Waals surface area contributed by atoms with Crippen LogP contribution in [0.3, 0.4) is 0 Å². The number of carbonyl (C=O) groups excluding carboxylic acids is 1. The first-order valence-corrected chi connectivity index (χ1v) is 8.02. The average molecular weight is 354 g/mol. The van der Waals surface area contributed by atoms with Crippen molar-refractivity contribution in [2.75, 3.05) is 4.90 Å². The molecule has 0 saturated carbocycles. The van der Waals surface area contributed by atoms with Crippen molar-refractivity contribution in [2.45, 2.75) is 26.5 Å². The third-order valence-corrected chi connectivity index (χ3v) is 3.78. The molecule has 0 aliphatic carbocycles. The fourth-order valence-corrected chi connectivity index (χ4v) is 2.67. The van der Waals surface area contributed by atoms with E-state index in [4.69, 9.17) is 4.74 Å². The molecule has 4 heterocycles. The molecule has 1 amide bonds. The van der Waals surface area contributed by atoms with Crippen LogP contribution in [0.15, 0.2) is 36.9 Å². The largest absolute Gasteiger partial charge is 0.475 e. The molecular formula is C17H15FN6O2. The molecule has 8 nitrogen and oxygen atoms in total. The molecule has 26 heavy (non-hydrogen) atoms. The minimum atomic E-state index is -0.736. The van der Waals surface area contributed by atoms with E-state index in [0.29, 0.717) is 22.8 Å². The average Bonchev–Trinajstić information content (AvgIpc) is 3.15. The van der Waals surface area contributed by atoms with Gasteiger partial charge in [-0.1, -0.05) is 0 Å². The maximum absolute atomic E-state index is 13.3. The Labute approximate surface area is 148 Å². The van der Waals surface area contributed by atoms with Gasteiger partial charge in [-0.25, -0.2) is 9.67 Å². The van der Waals surface area contributed by atoms with Crippen molar-refractivity contribution in [3.05, 3.63) is 54.1 Å². The smallest absolute Gasteiger partial charge is 0.263 e. The van der Waals surface area contributed by atoms with Gasteiger partial charge in [0.15, 0.2) is 5.82 Å². The van der Waals surface area contributed by atoms with Crippen LogP contribution in [0.1, 0.15) is 29.9 Å². The third kappa shape index (κ3) is 2.87. The fraction of sp³-hybridized carbons (Fsp3) is 0.235. The highest BCUT2D eigenvalue weighted by atomic mass is 19.1. The van der Waals surface area contributed by atoms with Gasteiger partial charge in [-0.2, -0.15) is 14.5 Å². The molecule has 0 unspecified atom stereocenters. The van der Waals surface area contributed by atoms with Crippen LogP contribution in [0.2, 0.25) is 0 Å². The number of carbonyl (C=O) groups is 1. The normalized spacial score (nSPS) is 13.4. The first-order valence-electron chi connectivity index (χ1n) is 8.02. The Kier molecular flexibility index (Phi) is 3.83. The lowest BCUT2D eigenvalue weighted by Gasteiger charge is -2.14. The highest BCUT2D eigenvalue weighted by Crippen LogP contribution is 2.27. The van der Waals surface area contributed by atoms with E-state index in [1.165, 1.54) is 11.1 Å². The maximum atomic E-state index is 13.3. The number of pyridine rings is 1. The summed E-state index contributed by atoms with van der Waals surface area (Å²) < 4.78 is 20.3. The summed E-state index contributed by atoms with van der Waals surface area (Å²) in [6.45, 7) is 4.06. The van der Waals surface area contributed by atoms with E-state index >= 15 is 0 Å². The Morgan fingerprint density at radius 2 is 2.08 bits per heavy atom. The van der Waals surface area contributed by atoms with Crippen molar-refractivity contribution in [1.82, 2.24) is 24.7 Å². The minimum Gasteiger partial charge on any atom is -0.475 e. The predicted octanol–water partition coefficient (Wildman–Crippen LogP) is 2.14. The first kappa shape index (κ1) is 16.1. The molecule has 0 aromatic carbocycles. The number of fused-ring (bicyclic) bond motifs is 1. The molecule has 0 fully saturated rings. The summed E-state index contributed by atoms with van der Waals surface area (Å²) in [5, 5.41) is 4.43. The number of anilines is 1. The van der Waals surface area contributed by atoms with E-state index in [-0.39, 0.29) is 24.4 Å². The van der Waals surface area contributed by atoms with Crippen LogP contribution in [0, 0.1) is 5.95 Å². The summed E-state index contributed by atoms with van der Waals surface area (Å²) in [6.07, 6.45) is 5.63. The van der Waals surface area contributed by atoms with Crippen LogP contribution in [0.5, 0.6) is 5.88 Å². The molecule has 0 bridgehead atoms. The second-order valence-electron chi connectivity index (χ2n) is 6.05. The standard InChI is InChI=1S/C17H15FN6O2/c1-10(2)26-16-4-3-11(5-20-16)24-8-12-13(22-24)9-23(17(12)25)15-7-19-6-14(18)21-15/h3-8,10H,9H2,1-2H3. The summed E-state index contributed by atoms with van der Waals surface area (Å²) in [7, 11) is 0. The Hall–Kier alpha value is -3.36. The van der Waals surface area contributed by atoms with Gasteiger partial charge in [0.2, 0.25) is 11.8 Å². The number of nitrogens with zero attached hydrogens (tertiary/aromatic N) is 6. The Balaban J connectivity index is 1.57. The predicted molar refractivity (Wildman–Crippen MR) is 89.6 cm³/mol. The van der Waals surface area contributed by atoms with Gasteiger partial charge < -0.3 is 4.74 Å². The van der Waals surface area contributed by atoms with Gasteiger partial charge in [-0.3, -0.25) is 14.7 Å². The minimum absolute atomic E-state index is 0.0383. The van der Waals surface area contributed by atoms with Crippen LogP contribution >= 0.6 is 0 Å². The summed E-state index contributed by atoms with van der Waals surface area (Å²) in [6, 6.07) is 3.56. The molecule has 3 aromatic rings. The molecule has 0 N–H and O–H groups in total. The molecule has 1 aliphatic heterocycles. The molecule has 0 spiro atoms. The lowest BCUT2D eigenvalue weighted by atomic mass is 10.3. The first-order chi connectivity index (χ1) is 12.5. The SMILES string of the molecule is CC(C)Oc1ccc(-n2cc3c(n2)CN(c2cncc(F)n2)C3=O)cn1. The van der Waals surface area contributed by atoms with Crippen molar-refractivity contribution in [1.29, 1.82) is 0 Å². The second kappa shape index (κ2) is 6.17. The fourth-order valence-electron chi connectivity index (χ4n) is 2.67. The quantitative estimate of drug-likeness (QED) is 0.713.